The minimum Gasteiger partial charge on any atom is -0.401 e. The first kappa shape index (κ1) is 20.4. The summed E-state index contributed by atoms with van der Waals surface area (Å²) < 4.78 is 15.5. The third-order valence-corrected chi connectivity index (χ3v) is 5.14. The summed E-state index contributed by atoms with van der Waals surface area (Å²) in [5, 5.41) is 3.20. The van der Waals surface area contributed by atoms with Crippen LogP contribution in [0, 0.1) is 11.7 Å². The van der Waals surface area contributed by atoms with Crippen LogP contribution >= 0.6 is 0 Å². The third-order valence-electron chi connectivity index (χ3n) is 5.14. The Balaban J connectivity index is 2.39. The van der Waals surface area contributed by atoms with Crippen molar-refractivity contribution in [2.45, 2.75) is 51.9 Å². The summed E-state index contributed by atoms with van der Waals surface area (Å²) >= 11 is 0. The van der Waals surface area contributed by atoms with Gasteiger partial charge in [-0.1, -0.05) is 26.0 Å². The standard InChI is InChI=1S/C22H32FN3/c1-5-21(26-14-16(3)24)20-12-11-18(17-7-6-8-17)19(22(20)23)10-9-15(2)13-25-4/h5,11-12,14-15,17,25H,1,6-10,13,24H2,2-4H3/b16-14+,26-21+. The van der Waals surface area contributed by atoms with Gasteiger partial charge in [-0.3, -0.25) is 4.99 Å². The van der Waals surface area contributed by atoms with Gasteiger partial charge in [0.2, 0.25) is 0 Å². The number of hydrogen-bond donors (Lipinski definition) is 2. The van der Waals surface area contributed by atoms with E-state index in [9.17, 15) is 0 Å². The molecule has 0 spiro atoms. The minimum atomic E-state index is -0.146. The number of aliphatic imine (C=N–C) groups is 1. The van der Waals surface area contributed by atoms with E-state index in [0.29, 0.717) is 28.8 Å². The first-order valence-electron chi connectivity index (χ1n) is 9.56. The van der Waals surface area contributed by atoms with Gasteiger partial charge in [0.25, 0.3) is 0 Å². The van der Waals surface area contributed by atoms with Crippen LogP contribution in [0.4, 0.5) is 4.39 Å². The summed E-state index contributed by atoms with van der Waals surface area (Å²) in [6.45, 7) is 8.70. The highest BCUT2D eigenvalue weighted by atomic mass is 19.1. The molecule has 26 heavy (non-hydrogen) atoms. The molecule has 0 aromatic heterocycles. The SMILES string of the molecule is C=C/C(=N\C=C(/C)N)c1ccc(C2CCC2)c(CCC(C)CNC)c1F. The average molecular weight is 358 g/mol. The Hall–Kier alpha value is -1.94. The quantitative estimate of drug-likeness (QED) is 0.631. The van der Waals surface area contributed by atoms with E-state index < -0.39 is 0 Å². The molecule has 1 aliphatic carbocycles. The molecule has 0 bridgehead atoms. The zero-order chi connectivity index (χ0) is 19.1. The van der Waals surface area contributed by atoms with Gasteiger partial charge in [0.15, 0.2) is 0 Å². The van der Waals surface area contributed by atoms with Gasteiger partial charge in [0.1, 0.15) is 5.82 Å². The molecular weight excluding hydrogens is 325 g/mol. The summed E-state index contributed by atoms with van der Waals surface area (Å²) in [5.74, 6) is 0.865. The monoisotopic (exact) mass is 357 g/mol. The molecule has 0 amide bonds. The van der Waals surface area contributed by atoms with Crippen LogP contribution in [0.1, 0.15) is 62.1 Å². The fourth-order valence-electron chi connectivity index (χ4n) is 3.43. The lowest BCUT2D eigenvalue weighted by Gasteiger charge is -2.29. The summed E-state index contributed by atoms with van der Waals surface area (Å²) in [4.78, 5) is 4.31. The molecule has 3 nitrogen and oxygen atoms in total. The molecule has 4 heteroatoms. The molecule has 142 valence electrons. The number of benzene rings is 1. The van der Waals surface area contributed by atoms with Gasteiger partial charge in [-0.2, -0.15) is 0 Å². The number of allylic oxidation sites excluding steroid dienone is 2. The van der Waals surface area contributed by atoms with E-state index in [1.165, 1.54) is 12.0 Å². The van der Waals surface area contributed by atoms with Crippen LogP contribution in [-0.4, -0.2) is 19.3 Å². The Bertz CT molecular complexity index is 683. The maximum atomic E-state index is 15.5. The second-order valence-corrected chi connectivity index (χ2v) is 7.42. The number of nitrogens with one attached hydrogen (secondary N) is 1. The van der Waals surface area contributed by atoms with Gasteiger partial charge in [-0.15, -0.1) is 0 Å². The van der Waals surface area contributed by atoms with Crippen LogP contribution in [0.3, 0.4) is 0 Å². The molecule has 0 aliphatic heterocycles. The van der Waals surface area contributed by atoms with Gasteiger partial charge in [-0.25, -0.2) is 4.39 Å². The molecule has 3 N–H and O–H groups in total. The van der Waals surface area contributed by atoms with Crippen LogP contribution in [0.25, 0.3) is 0 Å². The third kappa shape index (κ3) is 5.04. The number of hydrogen-bond acceptors (Lipinski definition) is 3. The molecular formula is C22H32FN3. The van der Waals surface area contributed by atoms with E-state index in [2.05, 4.69) is 29.9 Å². The summed E-state index contributed by atoms with van der Waals surface area (Å²) in [5.41, 5.74) is 9.32. The van der Waals surface area contributed by atoms with Crippen molar-refractivity contribution >= 4 is 5.71 Å². The minimum absolute atomic E-state index is 0.146. The van der Waals surface area contributed by atoms with Crippen molar-refractivity contribution < 1.29 is 4.39 Å². The maximum absolute atomic E-state index is 15.5. The number of nitrogens with zero attached hydrogens (tertiary/aromatic N) is 1. The summed E-state index contributed by atoms with van der Waals surface area (Å²) in [6.07, 6.45) is 8.42. The maximum Gasteiger partial charge on any atom is 0.136 e. The van der Waals surface area contributed by atoms with E-state index in [4.69, 9.17) is 5.73 Å². The Labute approximate surface area is 157 Å². The lowest BCUT2D eigenvalue weighted by atomic mass is 9.76. The van der Waals surface area contributed by atoms with Gasteiger partial charge in [0, 0.05) is 17.5 Å². The van der Waals surface area contributed by atoms with E-state index >= 15 is 4.39 Å². The van der Waals surface area contributed by atoms with Crippen molar-refractivity contribution in [3.8, 4) is 0 Å². The molecule has 1 fully saturated rings. The highest BCUT2D eigenvalue weighted by molar-refractivity contribution is 6.09. The number of halogens is 1. The van der Waals surface area contributed by atoms with Crippen molar-refractivity contribution in [2.24, 2.45) is 16.6 Å². The van der Waals surface area contributed by atoms with Crippen molar-refractivity contribution in [3.05, 3.63) is 59.2 Å². The molecule has 0 saturated heterocycles. The van der Waals surface area contributed by atoms with Crippen molar-refractivity contribution in [1.82, 2.24) is 5.32 Å². The molecule has 0 heterocycles. The van der Waals surface area contributed by atoms with Gasteiger partial charge in [0.05, 0.1) is 5.71 Å². The van der Waals surface area contributed by atoms with E-state index in [-0.39, 0.29) is 5.82 Å². The second kappa shape index (κ2) is 9.67. The van der Waals surface area contributed by atoms with E-state index in [1.54, 1.807) is 19.2 Å². The van der Waals surface area contributed by atoms with Gasteiger partial charge < -0.3 is 11.1 Å². The second-order valence-electron chi connectivity index (χ2n) is 7.42. The van der Waals surface area contributed by atoms with E-state index in [1.807, 2.05) is 13.1 Å². The predicted octanol–water partition coefficient (Wildman–Crippen LogP) is 4.68. The van der Waals surface area contributed by atoms with E-state index in [0.717, 1.165) is 37.8 Å². The largest absolute Gasteiger partial charge is 0.401 e. The van der Waals surface area contributed by atoms with Crippen LogP contribution in [0.2, 0.25) is 0 Å². The topological polar surface area (TPSA) is 50.4 Å². The highest BCUT2D eigenvalue weighted by Crippen LogP contribution is 2.39. The molecule has 0 radical (unpaired) electrons. The summed E-state index contributed by atoms with van der Waals surface area (Å²) in [6, 6.07) is 3.95. The molecule has 1 aromatic rings. The molecule has 1 saturated carbocycles. The molecule has 1 unspecified atom stereocenters. The number of nitrogens with two attached hydrogens (primary N) is 1. The van der Waals surface area contributed by atoms with Crippen molar-refractivity contribution in [3.63, 3.8) is 0 Å². The van der Waals surface area contributed by atoms with Crippen LogP contribution in [-0.2, 0) is 6.42 Å². The van der Waals surface area contributed by atoms with Crippen LogP contribution < -0.4 is 11.1 Å². The van der Waals surface area contributed by atoms with Crippen molar-refractivity contribution in [1.29, 1.82) is 0 Å². The van der Waals surface area contributed by atoms with Gasteiger partial charge in [-0.05, 0) is 81.3 Å². The lowest BCUT2D eigenvalue weighted by Crippen LogP contribution is -2.18. The highest BCUT2D eigenvalue weighted by Gasteiger charge is 2.25. The lowest BCUT2D eigenvalue weighted by molar-refractivity contribution is 0.411. The van der Waals surface area contributed by atoms with Crippen LogP contribution in [0.15, 0.2) is 41.7 Å². The Morgan fingerprint density at radius 3 is 2.73 bits per heavy atom. The Morgan fingerprint density at radius 2 is 2.19 bits per heavy atom. The molecule has 1 aromatic carbocycles. The van der Waals surface area contributed by atoms with Crippen molar-refractivity contribution in [2.75, 3.05) is 13.6 Å². The molecule has 1 atom stereocenters. The Morgan fingerprint density at radius 1 is 1.46 bits per heavy atom. The summed E-state index contributed by atoms with van der Waals surface area (Å²) in [7, 11) is 1.96. The zero-order valence-corrected chi connectivity index (χ0v) is 16.3. The fraction of sp³-hybridized carbons (Fsp3) is 0.500. The Kier molecular flexibility index (Phi) is 7.58. The fourth-order valence-corrected chi connectivity index (χ4v) is 3.43. The normalized spacial score (nSPS) is 17.1. The molecule has 2 rings (SSSR count). The first-order chi connectivity index (χ1) is 12.5. The smallest absolute Gasteiger partial charge is 0.136 e. The van der Waals surface area contributed by atoms with Gasteiger partial charge >= 0.3 is 0 Å². The zero-order valence-electron chi connectivity index (χ0n) is 16.3. The first-order valence-corrected chi connectivity index (χ1v) is 9.56. The molecule has 1 aliphatic rings. The number of rotatable bonds is 9. The predicted molar refractivity (Wildman–Crippen MR) is 109 cm³/mol. The average Bonchev–Trinajstić information content (AvgIpc) is 2.55. The van der Waals surface area contributed by atoms with Crippen LogP contribution in [0.5, 0.6) is 0 Å².